The molecule has 1 atom stereocenters. The van der Waals surface area contributed by atoms with Gasteiger partial charge in [-0.1, -0.05) is 60.1 Å². The second-order valence-corrected chi connectivity index (χ2v) is 9.26. The first-order valence-electron chi connectivity index (χ1n) is 11.6. The second-order valence-electron chi connectivity index (χ2n) is 8.85. The molecule has 0 fully saturated rings. The van der Waals surface area contributed by atoms with Crippen molar-refractivity contribution in [2.45, 2.75) is 45.1 Å². The van der Waals surface area contributed by atoms with Crippen molar-refractivity contribution < 1.29 is 14.3 Å². The van der Waals surface area contributed by atoms with Gasteiger partial charge in [-0.05, 0) is 60.7 Å². The van der Waals surface area contributed by atoms with Gasteiger partial charge in [-0.25, -0.2) is 0 Å². The predicted octanol–water partition coefficient (Wildman–Crippen LogP) is 6.76. The Morgan fingerprint density at radius 3 is 2.47 bits per heavy atom. The molecule has 4 nitrogen and oxygen atoms in total. The van der Waals surface area contributed by atoms with Crippen molar-refractivity contribution in [3.8, 4) is 5.75 Å². The highest BCUT2D eigenvalue weighted by Gasteiger charge is 2.40. The highest BCUT2D eigenvalue weighted by Crippen LogP contribution is 2.44. The molecule has 2 aliphatic rings. The van der Waals surface area contributed by atoms with Crippen LogP contribution in [0.2, 0.25) is 5.02 Å². The maximum absolute atomic E-state index is 13.4. The lowest BCUT2D eigenvalue weighted by atomic mass is 9.77. The molecule has 0 saturated heterocycles. The van der Waals surface area contributed by atoms with E-state index in [1.807, 2.05) is 79.7 Å². The first kappa shape index (κ1) is 22.4. The van der Waals surface area contributed by atoms with E-state index < -0.39 is 0 Å². The fourth-order valence-corrected chi connectivity index (χ4v) is 5.10. The fourth-order valence-electron chi connectivity index (χ4n) is 4.93. The van der Waals surface area contributed by atoms with Gasteiger partial charge in [-0.2, -0.15) is 0 Å². The van der Waals surface area contributed by atoms with Gasteiger partial charge in [0, 0.05) is 35.1 Å². The van der Waals surface area contributed by atoms with Crippen molar-refractivity contribution in [3.05, 3.63) is 106 Å². The molecular weight excluding hydrogens is 446 g/mol. The summed E-state index contributed by atoms with van der Waals surface area (Å²) in [6.07, 6.45) is 2.22. The SMILES string of the molecule is Cc1c(Cl)cccc1N1C(=O)CC(c2ccc(OCc3ccccc3)cc2)C2=C1CCCC2=O. The van der Waals surface area contributed by atoms with E-state index in [0.29, 0.717) is 24.5 Å². The van der Waals surface area contributed by atoms with E-state index in [0.717, 1.165) is 45.8 Å². The number of rotatable bonds is 5. The third-order valence-electron chi connectivity index (χ3n) is 6.69. The molecule has 1 unspecified atom stereocenters. The molecule has 34 heavy (non-hydrogen) atoms. The number of ether oxygens (including phenoxy) is 1. The van der Waals surface area contributed by atoms with E-state index in [9.17, 15) is 9.59 Å². The van der Waals surface area contributed by atoms with Crippen molar-refractivity contribution in [3.63, 3.8) is 0 Å². The van der Waals surface area contributed by atoms with Crippen molar-refractivity contribution in [2.24, 2.45) is 0 Å². The zero-order valence-corrected chi connectivity index (χ0v) is 19.8. The molecule has 172 valence electrons. The Labute approximate surface area is 204 Å². The molecule has 0 N–H and O–H groups in total. The van der Waals surface area contributed by atoms with Gasteiger partial charge in [0.2, 0.25) is 5.91 Å². The number of amides is 1. The van der Waals surface area contributed by atoms with E-state index >= 15 is 0 Å². The van der Waals surface area contributed by atoms with Crippen LogP contribution in [-0.2, 0) is 16.2 Å². The van der Waals surface area contributed by atoms with Gasteiger partial charge in [0.15, 0.2) is 5.78 Å². The lowest BCUT2D eigenvalue weighted by Crippen LogP contribution is -2.40. The third-order valence-corrected chi connectivity index (χ3v) is 7.10. The van der Waals surface area contributed by atoms with E-state index in [1.165, 1.54) is 0 Å². The number of anilines is 1. The minimum atomic E-state index is -0.241. The largest absolute Gasteiger partial charge is 0.489 e. The maximum atomic E-state index is 13.4. The van der Waals surface area contributed by atoms with Gasteiger partial charge >= 0.3 is 0 Å². The Bertz CT molecular complexity index is 1260. The monoisotopic (exact) mass is 471 g/mol. The minimum Gasteiger partial charge on any atom is -0.489 e. The number of nitrogens with zero attached hydrogens (tertiary/aromatic N) is 1. The molecule has 1 aliphatic carbocycles. The van der Waals surface area contributed by atoms with Gasteiger partial charge in [0.05, 0.1) is 5.69 Å². The van der Waals surface area contributed by atoms with Crippen molar-refractivity contribution in [1.82, 2.24) is 0 Å². The molecule has 3 aromatic rings. The molecule has 0 spiro atoms. The number of Topliss-reactive ketones (excluding diaryl/α,β-unsaturated/α-hetero) is 1. The maximum Gasteiger partial charge on any atom is 0.232 e. The molecule has 5 heteroatoms. The van der Waals surface area contributed by atoms with E-state index in [-0.39, 0.29) is 24.0 Å². The first-order chi connectivity index (χ1) is 16.5. The summed E-state index contributed by atoms with van der Waals surface area (Å²) in [6.45, 7) is 2.40. The quantitative estimate of drug-likeness (QED) is 0.413. The summed E-state index contributed by atoms with van der Waals surface area (Å²) >= 11 is 6.36. The number of hydrogen-bond acceptors (Lipinski definition) is 3. The van der Waals surface area contributed by atoms with Gasteiger partial charge in [0.1, 0.15) is 12.4 Å². The van der Waals surface area contributed by atoms with Gasteiger partial charge < -0.3 is 4.74 Å². The Morgan fingerprint density at radius 1 is 0.941 bits per heavy atom. The van der Waals surface area contributed by atoms with Gasteiger partial charge in [-0.3, -0.25) is 14.5 Å². The Balaban J connectivity index is 1.46. The molecule has 0 bridgehead atoms. The molecule has 0 aromatic heterocycles. The molecule has 1 amide bonds. The average Bonchev–Trinajstić information content (AvgIpc) is 2.85. The van der Waals surface area contributed by atoms with Crippen LogP contribution in [0, 0.1) is 6.92 Å². The fraction of sp³-hybridized carbons (Fsp3) is 0.241. The highest BCUT2D eigenvalue weighted by atomic mass is 35.5. The number of carbonyl (C=O) groups is 2. The van der Waals surface area contributed by atoms with Crippen LogP contribution in [0.15, 0.2) is 84.1 Å². The number of allylic oxidation sites excluding steroid dienone is 2. The van der Waals surface area contributed by atoms with Crippen LogP contribution in [0.4, 0.5) is 5.69 Å². The lowest BCUT2D eigenvalue weighted by Gasteiger charge is -2.39. The van der Waals surface area contributed by atoms with Gasteiger partial charge in [-0.15, -0.1) is 0 Å². The molecule has 0 radical (unpaired) electrons. The predicted molar refractivity (Wildman–Crippen MR) is 134 cm³/mol. The Kier molecular flexibility index (Phi) is 6.25. The summed E-state index contributed by atoms with van der Waals surface area (Å²) < 4.78 is 5.92. The van der Waals surface area contributed by atoms with Crippen LogP contribution in [0.3, 0.4) is 0 Å². The van der Waals surface area contributed by atoms with Crippen molar-refractivity contribution in [1.29, 1.82) is 0 Å². The van der Waals surface area contributed by atoms with Crippen molar-refractivity contribution in [2.75, 3.05) is 4.90 Å². The summed E-state index contributed by atoms with van der Waals surface area (Å²) in [5, 5.41) is 0.614. The summed E-state index contributed by atoms with van der Waals surface area (Å²) in [4.78, 5) is 28.3. The number of halogens is 1. The summed E-state index contributed by atoms with van der Waals surface area (Å²) in [6, 6.07) is 23.4. The van der Waals surface area contributed by atoms with Crippen LogP contribution in [0.25, 0.3) is 0 Å². The summed E-state index contributed by atoms with van der Waals surface area (Å²) in [5.74, 6) is 0.644. The molecule has 3 aromatic carbocycles. The van der Waals surface area contributed by atoms with Gasteiger partial charge in [0.25, 0.3) is 0 Å². The minimum absolute atomic E-state index is 0.00628. The number of carbonyl (C=O) groups excluding carboxylic acids is 2. The highest BCUT2D eigenvalue weighted by molar-refractivity contribution is 6.31. The normalized spacial score (nSPS) is 18.2. The molecule has 1 aliphatic heterocycles. The Hall–Kier alpha value is -3.37. The summed E-state index contributed by atoms with van der Waals surface area (Å²) in [5.41, 5.74) is 5.27. The molecular formula is C29H26ClNO3. The third kappa shape index (κ3) is 4.26. The van der Waals surface area contributed by atoms with E-state index in [2.05, 4.69) is 0 Å². The van der Waals surface area contributed by atoms with Crippen molar-refractivity contribution >= 4 is 29.0 Å². The topological polar surface area (TPSA) is 46.6 Å². The lowest BCUT2D eigenvalue weighted by molar-refractivity contribution is -0.119. The first-order valence-corrected chi connectivity index (χ1v) is 12.0. The molecule has 0 saturated carbocycles. The van der Waals surface area contributed by atoms with Crippen LogP contribution < -0.4 is 9.64 Å². The number of hydrogen-bond donors (Lipinski definition) is 0. The smallest absolute Gasteiger partial charge is 0.232 e. The van der Waals surface area contributed by atoms with Crippen LogP contribution in [0.1, 0.15) is 48.3 Å². The van der Waals surface area contributed by atoms with Crippen LogP contribution >= 0.6 is 11.6 Å². The van der Waals surface area contributed by atoms with Crippen LogP contribution in [0.5, 0.6) is 5.75 Å². The number of benzene rings is 3. The average molecular weight is 472 g/mol. The molecule has 5 rings (SSSR count). The summed E-state index contributed by atoms with van der Waals surface area (Å²) in [7, 11) is 0. The standard InChI is InChI=1S/C29H26ClNO3/c1-19-24(30)9-5-10-25(19)31-26-11-6-12-27(32)29(26)23(17-28(31)33)21-13-15-22(16-14-21)34-18-20-7-3-2-4-8-20/h2-5,7-10,13-16,23H,6,11-12,17-18H2,1H3. The zero-order valence-electron chi connectivity index (χ0n) is 19.1. The Morgan fingerprint density at radius 2 is 1.71 bits per heavy atom. The van der Waals surface area contributed by atoms with Crippen LogP contribution in [-0.4, -0.2) is 11.7 Å². The second kappa shape index (κ2) is 9.47. The zero-order chi connectivity index (χ0) is 23.7. The van der Waals surface area contributed by atoms with E-state index in [4.69, 9.17) is 16.3 Å². The molecule has 1 heterocycles. The van der Waals surface area contributed by atoms with E-state index in [1.54, 1.807) is 4.90 Å². The number of ketones is 1.